The van der Waals surface area contributed by atoms with Crippen LogP contribution in [0.1, 0.15) is 36.7 Å². The highest BCUT2D eigenvalue weighted by atomic mass is 19.4. The van der Waals surface area contributed by atoms with Gasteiger partial charge in [0.05, 0.1) is 11.7 Å². The van der Waals surface area contributed by atoms with Crippen molar-refractivity contribution in [1.82, 2.24) is 4.90 Å². The number of aliphatic hydroxyl groups excluding tert-OH is 1. The number of hydrogen-bond acceptors (Lipinski definition) is 2. The first-order valence-electron chi connectivity index (χ1n) is 6.29. The van der Waals surface area contributed by atoms with Gasteiger partial charge in [0.2, 0.25) is 0 Å². The minimum atomic E-state index is -4.48. The Hall–Kier alpha value is -1.56. The summed E-state index contributed by atoms with van der Waals surface area (Å²) in [4.78, 5) is 13.6. The second-order valence-corrected chi connectivity index (χ2v) is 4.98. The molecule has 1 unspecified atom stereocenters. The minimum absolute atomic E-state index is 0.0332. The molecular weight excluding hydrogens is 271 g/mol. The Balaban J connectivity index is 3.06. The number of hydrogen-bond donors (Lipinski definition) is 1. The average molecular weight is 289 g/mol. The summed E-state index contributed by atoms with van der Waals surface area (Å²) in [5.41, 5.74) is -0.890. The third-order valence-electron chi connectivity index (χ3n) is 2.78. The van der Waals surface area contributed by atoms with Gasteiger partial charge in [0, 0.05) is 18.2 Å². The minimum Gasteiger partial charge on any atom is -0.392 e. The summed E-state index contributed by atoms with van der Waals surface area (Å²) in [5.74, 6) is -0.521. The quantitative estimate of drug-likeness (QED) is 0.926. The number of alkyl halides is 3. The molecule has 1 aromatic carbocycles. The zero-order chi connectivity index (χ0) is 15.5. The Bertz CT molecular complexity index is 470. The highest BCUT2D eigenvalue weighted by molar-refractivity contribution is 5.94. The first-order chi connectivity index (χ1) is 9.12. The van der Waals surface area contributed by atoms with E-state index >= 15 is 0 Å². The van der Waals surface area contributed by atoms with E-state index in [4.69, 9.17) is 0 Å². The van der Waals surface area contributed by atoms with Crippen LogP contribution in [0.3, 0.4) is 0 Å². The SMILES string of the molecule is CC(O)CN(C(=O)c1cccc(C(F)(F)F)c1)C(C)C. The maximum atomic E-state index is 12.6. The van der Waals surface area contributed by atoms with Gasteiger partial charge in [-0.1, -0.05) is 6.07 Å². The molecule has 0 saturated heterocycles. The normalized spacial score (nSPS) is 13.4. The summed E-state index contributed by atoms with van der Waals surface area (Å²) in [6, 6.07) is 4.09. The number of carbonyl (C=O) groups is 1. The van der Waals surface area contributed by atoms with Gasteiger partial charge in [0.15, 0.2) is 0 Å². The first kappa shape index (κ1) is 16.5. The van der Waals surface area contributed by atoms with Crippen LogP contribution in [0.2, 0.25) is 0 Å². The Morgan fingerprint density at radius 1 is 1.30 bits per heavy atom. The van der Waals surface area contributed by atoms with E-state index in [2.05, 4.69) is 0 Å². The smallest absolute Gasteiger partial charge is 0.392 e. The lowest BCUT2D eigenvalue weighted by molar-refractivity contribution is -0.137. The number of nitrogens with zero attached hydrogens (tertiary/aromatic N) is 1. The molecule has 0 saturated carbocycles. The Kier molecular flexibility index (Phi) is 5.16. The number of carbonyl (C=O) groups excluding carboxylic acids is 1. The van der Waals surface area contributed by atoms with Crippen LogP contribution in [-0.2, 0) is 6.18 Å². The average Bonchev–Trinajstić information content (AvgIpc) is 2.33. The van der Waals surface area contributed by atoms with Crippen LogP contribution in [0.15, 0.2) is 24.3 Å². The zero-order valence-corrected chi connectivity index (χ0v) is 11.6. The molecule has 0 fully saturated rings. The molecule has 0 aliphatic heterocycles. The van der Waals surface area contributed by atoms with Crippen LogP contribution < -0.4 is 0 Å². The monoisotopic (exact) mass is 289 g/mol. The summed E-state index contributed by atoms with van der Waals surface area (Å²) in [7, 11) is 0. The van der Waals surface area contributed by atoms with Crippen LogP contribution in [0, 0.1) is 0 Å². The Morgan fingerprint density at radius 2 is 1.90 bits per heavy atom. The molecule has 20 heavy (non-hydrogen) atoms. The predicted molar refractivity (Wildman–Crippen MR) is 69.3 cm³/mol. The van der Waals surface area contributed by atoms with Gasteiger partial charge in [-0.15, -0.1) is 0 Å². The third-order valence-corrected chi connectivity index (χ3v) is 2.78. The summed E-state index contributed by atoms with van der Waals surface area (Å²) in [6.07, 6.45) is -5.23. The molecule has 1 amide bonds. The fourth-order valence-corrected chi connectivity index (χ4v) is 1.81. The largest absolute Gasteiger partial charge is 0.416 e. The predicted octanol–water partition coefficient (Wildman–Crippen LogP) is 2.94. The Labute approximate surface area is 116 Å². The second kappa shape index (κ2) is 6.26. The van der Waals surface area contributed by atoms with Gasteiger partial charge in [-0.2, -0.15) is 13.2 Å². The lowest BCUT2D eigenvalue weighted by Gasteiger charge is -2.28. The van der Waals surface area contributed by atoms with Crippen LogP contribution in [0.5, 0.6) is 0 Å². The topological polar surface area (TPSA) is 40.5 Å². The number of rotatable bonds is 4. The van der Waals surface area contributed by atoms with E-state index in [1.165, 1.54) is 24.0 Å². The van der Waals surface area contributed by atoms with Crippen molar-refractivity contribution in [3.8, 4) is 0 Å². The summed E-state index contributed by atoms with van der Waals surface area (Å²) >= 11 is 0. The van der Waals surface area contributed by atoms with E-state index < -0.39 is 23.8 Å². The van der Waals surface area contributed by atoms with Crippen molar-refractivity contribution in [2.24, 2.45) is 0 Å². The summed E-state index contributed by atoms with van der Waals surface area (Å²) in [5, 5.41) is 9.38. The molecule has 1 N–H and O–H groups in total. The van der Waals surface area contributed by atoms with Crippen molar-refractivity contribution < 1.29 is 23.1 Å². The van der Waals surface area contributed by atoms with E-state index in [0.717, 1.165) is 12.1 Å². The molecular formula is C14H18F3NO2. The fraction of sp³-hybridized carbons (Fsp3) is 0.500. The lowest BCUT2D eigenvalue weighted by Crippen LogP contribution is -2.41. The molecule has 1 aromatic rings. The number of amides is 1. The van der Waals surface area contributed by atoms with Crippen molar-refractivity contribution in [2.45, 2.75) is 39.1 Å². The molecule has 1 rings (SSSR count). The van der Waals surface area contributed by atoms with Gasteiger partial charge in [-0.3, -0.25) is 4.79 Å². The maximum Gasteiger partial charge on any atom is 0.416 e. The number of halogens is 3. The van der Waals surface area contributed by atoms with Crippen LogP contribution >= 0.6 is 0 Å². The van der Waals surface area contributed by atoms with E-state index in [-0.39, 0.29) is 18.2 Å². The first-order valence-corrected chi connectivity index (χ1v) is 6.29. The zero-order valence-electron chi connectivity index (χ0n) is 11.6. The highest BCUT2D eigenvalue weighted by Gasteiger charge is 2.31. The van der Waals surface area contributed by atoms with E-state index in [0.29, 0.717) is 0 Å². The van der Waals surface area contributed by atoms with Gasteiger partial charge < -0.3 is 10.0 Å². The molecule has 1 atom stereocenters. The fourth-order valence-electron chi connectivity index (χ4n) is 1.81. The summed E-state index contributed by atoms with van der Waals surface area (Å²) < 4.78 is 37.9. The van der Waals surface area contributed by atoms with Crippen LogP contribution in [-0.4, -0.2) is 34.6 Å². The van der Waals surface area contributed by atoms with Crippen LogP contribution in [0.4, 0.5) is 13.2 Å². The van der Waals surface area contributed by atoms with Gasteiger partial charge in [0.25, 0.3) is 5.91 Å². The maximum absolute atomic E-state index is 12.6. The van der Waals surface area contributed by atoms with Crippen LogP contribution in [0.25, 0.3) is 0 Å². The van der Waals surface area contributed by atoms with Crippen molar-refractivity contribution >= 4 is 5.91 Å². The van der Waals surface area contributed by atoms with Crippen molar-refractivity contribution in [2.75, 3.05) is 6.54 Å². The van der Waals surface area contributed by atoms with Gasteiger partial charge in [-0.05, 0) is 39.0 Å². The highest BCUT2D eigenvalue weighted by Crippen LogP contribution is 2.29. The van der Waals surface area contributed by atoms with E-state index in [9.17, 15) is 23.1 Å². The van der Waals surface area contributed by atoms with Gasteiger partial charge >= 0.3 is 6.18 Å². The number of aliphatic hydroxyl groups is 1. The molecule has 0 radical (unpaired) electrons. The van der Waals surface area contributed by atoms with Crippen molar-refractivity contribution in [1.29, 1.82) is 0 Å². The molecule has 0 bridgehead atoms. The van der Waals surface area contributed by atoms with Crippen molar-refractivity contribution in [3.63, 3.8) is 0 Å². The van der Waals surface area contributed by atoms with E-state index in [1.54, 1.807) is 13.8 Å². The molecule has 6 heteroatoms. The molecule has 0 aliphatic carbocycles. The van der Waals surface area contributed by atoms with Crippen molar-refractivity contribution in [3.05, 3.63) is 35.4 Å². The molecule has 0 spiro atoms. The second-order valence-electron chi connectivity index (χ2n) is 4.98. The van der Waals surface area contributed by atoms with Gasteiger partial charge in [0.1, 0.15) is 0 Å². The Morgan fingerprint density at radius 3 is 2.35 bits per heavy atom. The standard InChI is InChI=1S/C14H18F3NO2/c1-9(2)18(8-10(3)19)13(20)11-5-4-6-12(7-11)14(15,16)17/h4-7,9-10,19H,8H2,1-3H3. The molecule has 0 aliphatic rings. The molecule has 0 heterocycles. The number of benzene rings is 1. The lowest BCUT2D eigenvalue weighted by atomic mass is 10.1. The molecule has 112 valence electrons. The molecule has 0 aromatic heterocycles. The van der Waals surface area contributed by atoms with Gasteiger partial charge in [-0.25, -0.2) is 0 Å². The van der Waals surface area contributed by atoms with E-state index in [1.807, 2.05) is 0 Å². The summed E-state index contributed by atoms with van der Waals surface area (Å²) in [6.45, 7) is 5.09. The third kappa shape index (κ3) is 4.23. The molecule has 3 nitrogen and oxygen atoms in total.